The van der Waals surface area contributed by atoms with Gasteiger partial charge in [-0.15, -0.1) is 0 Å². The summed E-state index contributed by atoms with van der Waals surface area (Å²) in [4.78, 5) is 24.6. The van der Waals surface area contributed by atoms with Gasteiger partial charge >= 0.3 is 0 Å². The first-order chi connectivity index (χ1) is 14.0. The lowest BCUT2D eigenvalue weighted by Crippen LogP contribution is -2.41. The van der Waals surface area contributed by atoms with E-state index in [0.717, 1.165) is 24.3 Å². The zero-order valence-corrected chi connectivity index (χ0v) is 17.4. The molecular formula is C23H30N2O4. The zero-order valence-electron chi connectivity index (χ0n) is 17.4. The van der Waals surface area contributed by atoms with E-state index in [9.17, 15) is 9.59 Å². The minimum atomic E-state index is -0.213. The predicted molar refractivity (Wildman–Crippen MR) is 114 cm³/mol. The van der Waals surface area contributed by atoms with Crippen molar-refractivity contribution in [1.29, 1.82) is 0 Å². The highest BCUT2D eigenvalue weighted by Gasteiger charge is 2.12. The number of ether oxygens (including phenoxy) is 2. The van der Waals surface area contributed by atoms with Crippen LogP contribution >= 0.6 is 0 Å². The number of amides is 2. The number of nitrogens with one attached hydrogen (secondary N) is 2. The van der Waals surface area contributed by atoms with E-state index in [0.29, 0.717) is 30.9 Å². The molecule has 6 heteroatoms. The summed E-state index contributed by atoms with van der Waals surface area (Å²) in [6, 6.07) is 13.8. The fourth-order valence-corrected chi connectivity index (χ4v) is 2.55. The van der Waals surface area contributed by atoms with Crippen LogP contribution < -0.4 is 20.1 Å². The summed E-state index contributed by atoms with van der Waals surface area (Å²) < 4.78 is 11.0. The highest BCUT2D eigenvalue weighted by molar-refractivity contribution is 5.95. The third kappa shape index (κ3) is 7.49. The number of benzene rings is 2. The van der Waals surface area contributed by atoms with Crippen molar-refractivity contribution in [2.45, 2.75) is 39.7 Å². The van der Waals surface area contributed by atoms with Crippen LogP contribution in [0.5, 0.6) is 11.5 Å². The van der Waals surface area contributed by atoms with Crippen LogP contribution in [-0.4, -0.2) is 37.6 Å². The molecule has 0 aromatic heterocycles. The molecule has 0 saturated carbocycles. The van der Waals surface area contributed by atoms with Gasteiger partial charge in [-0.05, 0) is 68.3 Å². The van der Waals surface area contributed by atoms with Crippen LogP contribution in [0.25, 0.3) is 0 Å². The maximum absolute atomic E-state index is 12.3. The molecule has 2 amide bonds. The molecule has 2 N–H and O–H groups in total. The van der Waals surface area contributed by atoms with Gasteiger partial charge in [0, 0.05) is 23.7 Å². The van der Waals surface area contributed by atoms with Crippen molar-refractivity contribution in [2.24, 2.45) is 0 Å². The molecule has 0 saturated heterocycles. The molecule has 156 valence electrons. The molecule has 0 aliphatic heterocycles. The van der Waals surface area contributed by atoms with Crippen LogP contribution in [0, 0.1) is 0 Å². The molecule has 0 heterocycles. The van der Waals surface area contributed by atoms with Gasteiger partial charge < -0.3 is 20.1 Å². The first-order valence-corrected chi connectivity index (χ1v) is 10.1. The summed E-state index contributed by atoms with van der Waals surface area (Å²) in [6.07, 6.45) is 1.87. The second-order valence-corrected chi connectivity index (χ2v) is 6.83. The predicted octanol–water partition coefficient (Wildman–Crippen LogP) is 3.81. The molecule has 29 heavy (non-hydrogen) atoms. The molecule has 6 nitrogen and oxygen atoms in total. The van der Waals surface area contributed by atoms with Crippen LogP contribution in [0.4, 0.5) is 0 Å². The van der Waals surface area contributed by atoms with Gasteiger partial charge in [-0.3, -0.25) is 9.59 Å². The number of hydrogen-bond donors (Lipinski definition) is 2. The number of carbonyl (C=O) groups excluding carboxylic acids is 2. The molecule has 0 radical (unpaired) electrons. The first-order valence-electron chi connectivity index (χ1n) is 10.1. The molecular weight excluding hydrogens is 368 g/mol. The summed E-state index contributed by atoms with van der Waals surface area (Å²) in [5, 5.41) is 5.72. The van der Waals surface area contributed by atoms with E-state index in [1.165, 1.54) is 0 Å². The van der Waals surface area contributed by atoms with E-state index in [1.54, 1.807) is 48.5 Å². The van der Waals surface area contributed by atoms with Gasteiger partial charge in [-0.25, -0.2) is 0 Å². The molecule has 0 spiro atoms. The van der Waals surface area contributed by atoms with E-state index in [2.05, 4.69) is 10.6 Å². The molecule has 0 aliphatic rings. The molecule has 0 unspecified atom stereocenters. The maximum Gasteiger partial charge on any atom is 0.251 e. The van der Waals surface area contributed by atoms with Crippen molar-refractivity contribution in [2.75, 3.05) is 19.8 Å². The Morgan fingerprint density at radius 1 is 0.793 bits per heavy atom. The van der Waals surface area contributed by atoms with Gasteiger partial charge in [-0.1, -0.05) is 13.8 Å². The van der Waals surface area contributed by atoms with Crippen molar-refractivity contribution in [3.63, 3.8) is 0 Å². The lowest BCUT2D eigenvalue weighted by Gasteiger charge is -2.15. The van der Waals surface area contributed by atoms with E-state index in [-0.39, 0.29) is 17.9 Å². The Hall–Kier alpha value is -3.02. The van der Waals surface area contributed by atoms with E-state index in [4.69, 9.17) is 9.47 Å². The average Bonchev–Trinajstić information content (AvgIpc) is 2.75. The Morgan fingerprint density at radius 3 is 1.69 bits per heavy atom. The standard InChI is InChI=1S/C23H30N2O4/c1-4-14-28-20-10-6-18(7-11-20)22(26)24-16-17(3)25-23(27)19-8-12-21(13-9-19)29-15-5-2/h6-13,17H,4-5,14-16H2,1-3H3,(H,24,26)(H,25,27)/t17-/m1/s1. The largest absolute Gasteiger partial charge is 0.494 e. The molecule has 2 aromatic carbocycles. The summed E-state index contributed by atoms with van der Waals surface area (Å²) in [5.41, 5.74) is 1.10. The highest BCUT2D eigenvalue weighted by atomic mass is 16.5. The SMILES string of the molecule is CCCOc1ccc(C(=O)NC[C@@H](C)NC(=O)c2ccc(OCCC)cc2)cc1. The van der Waals surface area contributed by atoms with Crippen molar-refractivity contribution in [3.8, 4) is 11.5 Å². The Bertz CT molecular complexity index is 772. The lowest BCUT2D eigenvalue weighted by atomic mass is 10.2. The smallest absolute Gasteiger partial charge is 0.251 e. The second kappa shape index (κ2) is 11.7. The molecule has 1 atom stereocenters. The number of rotatable bonds is 11. The normalized spacial score (nSPS) is 11.4. The Morgan fingerprint density at radius 2 is 1.24 bits per heavy atom. The molecule has 0 bridgehead atoms. The summed E-state index contributed by atoms with van der Waals surface area (Å²) in [6.45, 7) is 7.56. The third-order valence-electron chi connectivity index (χ3n) is 4.13. The lowest BCUT2D eigenvalue weighted by molar-refractivity contribution is 0.0912. The Balaban J connectivity index is 1.78. The summed E-state index contributed by atoms with van der Waals surface area (Å²) >= 11 is 0. The zero-order chi connectivity index (χ0) is 21.1. The molecule has 2 aromatic rings. The Labute approximate surface area is 172 Å². The highest BCUT2D eigenvalue weighted by Crippen LogP contribution is 2.13. The van der Waals surface area contributed by atoms with Crippen LogP contribution in [0.3, 0.4) is 0 Å². The van der Waals surface area contributed by atoms with Gasteiger partial charge in [0.1, 0.15) is 11.5 Å². The van der Waals surface area contributed by atoms with E-state index in [1.807, 2.05) is 20.8 Å². The number of hydrogen-bond acceptors (Lipinski definition) is 4. The van der Waals surface area contributed by atoms with Crippen molar-refractivity contribution in [1.82, 2.24) is 10.6 Å². The van der Waals surface area contributed by atoms with Crippen molar-refractivity contribution < 1.29 is 19.1 Å². The van der Waals surface area contributed by atoms with Gasteiger partial charge in [-0.2, -0.15) is 0 Å². The van der Waals surface area contributed by atoms with Gasteiger partial charge in [0.25, 0.3) is 11.8 Å². The van der Waals surface area contributed by atoms with Crippen molar-refractivity contribution in [3.05, 3.63) is 59.7 Å². The van der Waals surface area contributed by atoms with Gasteiger partial charge in [0.15, 0.2) is 0 Å². The summed E-state index contributed by atoms with van der Waals surface area (Å²) in [7, 11) is 0. The van der Waals surface area contributed by atoms with Crippen LogP contribution in [0.1, 0.15) is 54.3 Å². The quantitative estimate of drug-likeness (QED) is 0.603. The minimum absolute atomic E-state index is 0.189. The Kier molecular flexibility index (Phi) is 9.02. The second-order valence-electron chi connectivity index (χ2n) is 6.83. The van der Waals surface area contributed by atoms with E-state index < -0.39 is 0 Å². The summed E-state index contributed by atoms with van der Waals surface area (Å²) in [5.74, 6) is 1.11. The van der Waals surface area contributed by atoms with Crippen LogP contribution in [-0.2, 0) is 0 Å². The molecule has 2 rings (SSSR count). The molecule has 0 fully saturated rings. The number of carbonyl (C=O) groups is 2. The van der Waals surface area contributed by atoms with Crippen LogP contribution in [0.2, 0.25) is 0 Å². The van der Waals surface area contributed by atoms with Crippen molar-refractivity contribution >= 4 is 11.8 Å². The third-order valence-corrected chi connectivity index (χ3v) is 4.13. The monoisotopic (exact) mass is 398 g/mol. The average molecular weight is 399 g/mol. The maximum atomic E-state index is 12.3. The van der Waals surface area contributed by atoms with Gasteiger partial charge in [0.05, 0.1) is 13.2 Å². The van der Waals surface area contributed by atoms with Gasteiger partial charge in [0.2, 0.25) is 0 Å². The first kappa shape index (κ1) is 22.3. The fraction of sp³-hybridized carbons (Fsp3) is 0.391. The minimum Gasteiger partial charge on any atom is -0.494 e. The topological polar surface area (TPSA) is 76.7 Å². The fourth-order valence-electron chi connectivity index (χ4n) is 2.55. The van der Waals surface area contributed by atoms with E-state index >= 15 is 0 Å². The molecule has 0 aliphatic carbocycles. The van der Waals surface area contributed by atoms with Crippen LogP contribution in [0.15, 0.2) is 48.5 Å².